The largest absolute Gasteiger partial charge is 0.390 e. The fraction of sp³-hybridized carbons (Fsp3) is 0.333. The van der Waals surface area contributed by atoms with Crippen LogP contribution in [0.4, 0.5) is 4.39 Å². The molecule has 148 valence electrons. The van der Waals surface area contributed by atoms with Gasteiger partial charge >= 0.3 is 0 Å². The molecule has 0 radical (unpaired) electrons. The summed E-state index contributed by atoms with van der Waals surface area (Å²) in [5.74, 6) is -0.595. The van der Waals surface area contributed by atoms with E-state index in [4.69, 9.17) is 28.0 Å². The Morgan fingerprint density at radius 2 is 2.00 bits per heavy atom. The molecular weight excluding hydrogens is 402 g/mol. The van der Waals surface area contributed by atoms with Gasteiger partial charge in [0.15, 0.2) is 6.10 Å². The molecule has 0 aromatic heterocycles. The van der Waals surface area contributed by atoms with Crippen LogP contribution in [0.5, 0.6) is 0 Å². The van der Waals surface area contributed by atoms with Crippen molar-refractivity contribution in [1.82, 2.24) is 4.90 Å². The van der Waals surface area contributed by atoms with Crippen LogP contribution in [-0.4, -0.2) is 29.2 Å². The normalized spacial score (nSPS) is 16.1. The van der Waals surface area contributed by atoms with E-state index in [-0.39, 0.29) is 30.3 Å². The first-order chi connectivity index (χ1) is 13.3. The standard InChI is InChI=1S/C21H21Cl2FN2O2/c1-13(2)21(27)26(11-15-5-3-4-6-19(15)24)12-16-10-20(25-28-16)14-7-8-17(22)18(23)9-14/h3-9,13,16H,10-12H2,1-2H3. The Labute approximate surface area is 173 Å². The second kappa shape index (κ2) is 8.93. The van der Waals surface area contributed by atoms with E-state index in [0.717, 1.165) is 11.3 Å². The lowest BCUT2D eigenvalue weighted by Crippen LogP contribution is -2.39. The van der Waals surface area contributed by atoms with Crippen LogP contribution >= 0.6 is 23.2 Å². The number of nitrogens with zero attached hydrogens (tertiary/aromatic N) is 2. The summed E-state index contributed by atoms with van der Waals surface area (Å²) in [6.07, 6.45) is 0.218. The summed E-state index contributed by atoms with van der Waals surface area (Å²) in [7, 11) is 0. The fourth-order valence-corrected chi connectivity index (χ4v) is 3.35. The second-order valence-electron chi connectivity index (χ2n) is 7.06. The van der Waals surface area contributed by atoms with Crippen molar-refractivity contribution in [1.29, 1.82) is 0 Å². The third-order valence-corrected chi connectivity index (χ3v) is 5.27. The van der Waals surface area contributed by atoms with Gasteiger partial charge in [0.1, 0.15) is 5.82 Å². The van der Waals surface area contributed by atoms with E-state index in [0.29, 0.717) is 28.6 Å². The van der Waals surface area contributed by atoms with E-state index < -0.39 is 0 Å². The van der Waals surface area contributed by atoms with Crippen LogP contribution in [0.3, 0.4) is 0 Å². The van der Waals surface area contributed by atoms with Crippen molar-refractivity contribution in [3.8, 4) is 0 Å². The summed E-state index contributed by atoms with van der Waals surface area (Å²) in [4.78, 5) is 19.8. The van der Waals surface area contributed by atoms with Crippen molar-refractivity contribution in [2.24, 2.45) is 11.1 Å². The number of oxime groups is 1. The molecule has 2 aromatic rings. The smallest absolute Gasteiger partial charge is 0.225 e. The molecule has 1 heterocycles. The van der Waals surface area contributed by atoms with Crippen molar-refractivity contribution in [2.45, 2.75) is 32.9 Å². The third-order valence-electron chi connectivity index (χ3n) is 4.53. The topological polar surface area (TPSA) is 41.9 Å². The lowest BCUT2D eigenvalue weighted by atomic mass is 10.0. The molecule has 7 heteroatoms. The molecule has 1 aliphatic heterocycles. The lowest BCUT2D eigenvalue weighted by Gasteiger charge is -2.26. The molecule has 0 bridgehead atoms. The number of benzene rings is 2. The number of carbonyl (C=O) groups is 1. The predicted octanol–water partition coefficient (Wildman–Crippen LogP) is 5.31. The molecule has 2 aromatic carbocycles. The lowest BCUT2D eigenvalue weighted by molar-refractivity contribution is -0.137. The Hall–Kier alpha value is -2.11. The average Bonchev–Trinajstić information content (AvgIpc) is 3.13. The van der Waals surface area contributed by atoms with Gasteiger partial charge in [-0.1, -0.05) is 66.5 Å². The molecule has 0 saturated heterocycles. The molecule has 1 unspecified atom stereocenters. The Balaban J connectivity index is 1.70. The Morgan fingerprint density at radius 1 is 1.25 bits per heavy atom. The van der Waals surface area contributed by atoms with E-state index in [2.05, 4.69) is 5.16 Å². The number of rotatable bonds is 6. The number of amides is 1. The van der Waals surface area contributed by atoms with Gasteiger partial charge in [0.25, 0.3) is 0 Å². The van der Waals surface area contributed by atoms with Gasteiger partial charge in [0.05, 0.1) is 22.3 Å². The van der Waals surface area contributed by atoms with Crippen LogP contribution in [0.15, 0.2) is 47.6 Å². The first kappa shape index (κ1) is 20.6. The molecule has 0 spiro atoms. The van der Waals surface area contributed by atoms with Gasteiger partial charge in [0.2, 0.25) is 5.91 Å². The fourth-order valence-electron chi connectivity index (χ4n) is 3.05. The predicted molar refractivity (Wildman–Crippen MR) is 109 cm³/mol. The summed E-state index contributed by atoms with van der Waals surface area (Å²) in [5.41, 5.74) is 2.04. The highest BCUT2D eigenvalue weighted by Crippen LogP contribution is 2.26. The molecule has 3 rings (SSSR count). The minimum atomic E-state index is -0.329. The zero-order valence-corrected chi connectivity index (χ0v) is 17.2. The SMILES string of the molecule is CC(C)C(=O)N(Cc1ccccc1F)CC1CC(c2ccc(Cl)c(Cl)c2)=NO1. The van der Waals surface area contributed by atoms with Crippen LogP contribution < -0.4 is 0 Å². The minimum absolute atomic E-state index is 0.0603. The third kappa shape index (κ3) is 4.83. The maximum Gasteiger partial charge on any atom is 0.225 e. The first-order valence-corrected chi connectivity index (χ1v) is 9.81. The van der Waals surface area contributed by atoms with E-state index in [1.807, 2.05) is 19.9 Å². The molecular formula is C21H21Cl2FN2O2. The van der Waals surface area contributed by atoms with Crippen molar-refractivity contribution >= 4 is 34.8 Å². The van der Waals surface area contributed by atoms with Gasteiger partial charge in [-0.25, -0.2) is 4.39 Å². The summed E-state index contributed by atoms with van der Waals surface area (Å²) < 4.78 is 14.1. The molecule has 0 N–H and O–H groups in total. The van der Waals surface area contributed by atoms with E-state index in [1.54, 1.807) is 35.2 Å². The van der Waals surface area contributed by atoms with Crippen LogP contribution in [0.25, 0.3) is 0 Å². The van der Waals surface area contributed by atoms with Crippen molar-refractivity contribution in [3.63, 3.8) is 0 Å². The van der Waals surface area contributed by atoms with Gasteiger partial charge in [-0.15, -0.1) is 0 Å². The number of hydrogen-bond acceptors (Lipinski definition) is 3. The van der Waals surface area contributed by atoms with E-state index >= 15 is 0 Å². The molecule has 1 atom stereocenters. The highest BCUT2D eigenvalue weighted by molar-refractivity contribution is 6.42. The van der Waals surface area contributed by atoms with Crippen molar-refractivity contribution in [2.75, 3.05) is 6.54 Å². The molecule has 1 amide bonds. The first-order valence-electron chi connectivity index (χ1n) is 9.05. The van der Waals surface area contributed by atoms with Gasteiger partial charge in [-0.3, -0.25) is 4.79 Å². The molecule has 28 heavy (non-hydrogen) atoms. The van der Waals surface area contributed by atoms with Crippen LogP contribution in [0.2, 0.25) is 10.0 Å². The Bertz CT molecular complexity index is 902. The second-order valence-corrected chi connectivity index (χ2v) is 7.88. The maximum absolute atomic E-state index is 14.1. The number of hydrogen-bond donors (Lipinski definition) is 0. The van der Waals surface area contributed by atoms with Crippen LogP contribution in [0, 0.1) is 11.7 Å². The molecule has 0 aliphatic carbocycles. The Kier molecular flexibility index (Phi) is 6.57. The van der Waals surface area contributed by atoms with Gasteiger partial charge in [-0.2, -0.15) is 0 Å². The number of carbonyl (C=O) groups excluding carboxylic acids is 1. The highest BCUT2D eigenvalue weighted by atomic mass is 35.5. The monoisotopic (exact) mass is 422 g/mol. The van der Waals surface area contributed by atoms with Crippen LogP contribution in [0.1, 0.15) is 31.4 Å². The quantitative estimate of drug-likeness (QED) is 0.632. The van der Waals surface area contributed by atoms with Crippen molar-refractivity contribution in [3.05, 3.63) is 69.5 Å². The molecule has 4 nitrogen and oxygen atoms in total. The molecule has 0 saturated carbocycles. The van der Waals surface area contributed by atoms with E-state index in [1.165, 1.54) is 6.07 Å². The molecule has 1 aliphatic rings. The summed E-state index contributed by atoms with van der Waals surface area (Å²) in [6.45, 7) is 4.15. The maximum atomic E-state index is 14.1. The van der Waals surface area contributed by atoms with Gasteiger partial charge in [0, 0.05) is 30.0 Å². The average molecular weight is 423 g/mol. The summed E-state index contributed by atoms with van der Waals surface area (Å²) in [5, 5.41) is 5.06. The van der Waals surface area contributed by atoms with E-state index in [9.17, 15) is 9.18 Å². The zero-order valence-electron chi connectivity index (χ0n) is 15.7. The highest BCUT2D eigenvalue weighted by Gasteiger charge is 2.28. The summed E-state index contributed by atoms with van der Waals surface area (Å²) in [6, 6.07) is 11.7. The summed E-state index contributed by atoms with van der Waals surface area (Å²) >= 11 is 12.0. The van der Waals surface area contributed by atoms with Crippen LogP contribution in [-0.2, 0) is 16.2 Å². The molecule has 0 fully saturated rings. The zero-order chi connectivity index (χ0) is 20.3. The van der Waals surface area contributed by atoms with Gasteiger partial charge in [-0.05, 0) is 18.2 Å². The Morgan fingerprint density at radius 3 is 2.68 bits per heavy atom. The van der Waals surface area contributed by atoms with Crippen molar-refractivity contribution < 1.29 is 14.0 Å². The number of halogens is 3. The minimum Gasteiger partial charge on any atom is -0.390 e. The van der Waals surface area contributed by atoms with Gasteiger partial charge < -0.3 is 9.74 Å².